The van der Waals surface area contributed by atoms with E-state index in [0.717, 1.165) is 49.4 Å². The van der Waals surface area contributed by atoms with Crippen molar-refractivity contribution in [1.29, 1.82) is 0 Å². The predicted octanol–water partition coefficient (Wildman–Crippen LogP) is 1.98. The smallest absolute Gasteiger partial charge is 0.238 e. The van der Waals surface area contributed by atoms with Crippen LogP contribution in [0, 0.1) is 5.92 Å². The van der Waals surface area contributed by atoms with E-state index in [-0.39, 0.29) is 5.91 Å². The lowest BCUT2D eigenvalue weighted by molar-refractivity contribution is -0.126. The zero-order valence-corrected chi connectivity index (χ0v) is 13.4. The Morgan fingerprint density at radius 2 is 2.43 bits per heavy atom. The molecule has 1 aliphatic carbocycles. The Hall–Kier alpha value is -1.14. The van der Waals surface area contributed by atoms with Gasteiger partial charge in [-0.2, -0.15) is 0 Å². The van der Waals surface area contributed by atoms with Gasteiger partial charge < -0.3 is 11.1 Å². The van der Waals surface area contributed by atoms with Crippen LogP contribution in [-0.2, 0) is 4.79 Å². The largest absolute Gasteiger partial charge is 0.368 e. The highest BCUT2D eigenvalue weighted by molar-refractivity contribution is 7.99. The Balaban J connectivity index is 1.92. The summed E-state index contributed by atoms with van der Waals surface area (Å²) in [6, 6.07) is 0. The molecule has 2 rings (SSSR count). The number of primary amides is 1. The van der Waals surface area contributed by atoms with Crippen LogP contribution in [0.3, 0.4) is 0 Å². The summed E-state index contributed by atoms with van der Waals surface area (Å²) in [6.45, 7) is 2.95. The number of carbonyl (C=O) groups is 1. The van der Waals surface area contributed by atoms with E-state index in [9.17, 15) is 4.79 Å². The summed E-state index contributed by atoms with van der Waals surface area (Å²) in [4.78, 5) is 20.3. The van der Waals surface area contributed by atoms with Crippen molar-refractivity contribution < 1.29 is 4.79 Å². The fourth-order valence-electron chi connectivity index (χ4n) is 3.13. The highest BCUT2D eigenvalue weighted by Crippen LogP contribution is 2.39. The van der Waals surface area contributed by atoms with Crippen molar-refractivity contribution >= 4 is 17.7 Å². The number of carbonyl (C=O) groups excluding carboxylic acids is 1. The molecule has 1 heterocycles. The minimum atomic E-state index is -0.501. The number of nitrogens with one attached hydrogen (secondary N) is 1. The highest BCUT2D eigenvalue weighted by atomic mass is 32.2. The number of aromatic nitrogens is 2. The molecule has 0 aliphatic heterocycles. The van der Waals surface area contributed by atoms with Gasteiger partial charge in [0.2, 0.25) is 5.91 Å². The van der Waals surface area contributed by atoms with Gasteiger partial charge in [-0.25, -0.2) is 4.98 Å². The summed E-state index contributed by atoms with van der Waals surface area (Å²) in [6.07, 6.45) is 10.1. The van der Waals surface area contributed by atoms with Gasteiger partial charge in [0.25, 0.3) is 0 Å². The number of nitrogens with two attached hydrogens (primary N) is 1. The maximum Gasteiger partial charge on any atom is 0.238 e. The minimum Gasteiger partial charge on any atom is -0.368 e. The normalized spacial score (nSPS) is 25.1. The fourth-order valence-corrected chi connectivity index (χ4v) is 4.01. The maximum atomic E-state index is 12.0. The Morgan fingerprint density at radius 1 is 1.57 bits per heavy atom. The summed E-state index contributed by atoms with van der Waals surface area (Å²) in [7, 11) is 0. The molecule has 2 unspecified atom stereocenters. The summed E-state index contributed by atoms with van der Waals surface area (Å²) in [5.74, 6) is 1.07. The minimum absolute atomic E-state index is 0.192. The molecule has 6 heteroatoms. The van der Waals surface area contributed by atoms with Gasteiger partial charge in [0.1, 0.15) is 10.6 Å². The molecule has 0 radical (unpaired) electrons. The molecular formula is C15H24N4OS. The van der Waals surface area contributed by atoms with E-state index in [1.807, 2.05) is 0 Å². The second-order valence-corrected chi connectivity index (χ2v) is 6.65. The maximum absolute atomic E-state index is 12.0. The highest BCUT2D eigenvalue weighted by Gasteiger charge is 2.46. The molecule has 1 aliphatic rings. The lowest BCUT2D eigenvalue weighted by Gasteiger charge is -2.33. The van der Waals surface area contributed by atoms with Gasteiger partial charge >= 0.3 is 0 Å². The predicted molar refractivity (Wildman–Crippen MR) is 84.9 cm³/mol. The average molecular weight is 308 g/mol. The average Bonchev–Trinajstić information content (AvgIpc) is 2.90. The summed E-state index contributed by atoms with van der Waals surface area (Å²) >= 11 is 1.69. The number of nitrogens with zero attached hydrogens (tertiary/aromatic N) is 2. The van der Waals surface area contributed by atoms with Crippen molar-refractivity contribution in [1.82, 2.24) is 15.3 Å². The second kappa shape index (κ2) is 7.75. The zero-order valence-electron chi connectivity index (χ0n) is 12.5. The van der Waals surface area contributed by atoms with E-state index in [0.29, 0.717) is 5.92 Å². The molecule has 1 saturated carbocycles. The molecule has 21 heavy (non-hydrogen) atoms. The quantitative estimate of drug-likeness (QED) is 0.718. The molecule has 0 saturated heterocycles. The first-order valence-electron chi connectivity index (χ1n) is 7.63. The third-order valence-electron chi connectivity index (χ3n) is 4.21. The molecule has 1 amide bonds. The van der Waals surface area contributed by atoms with Crippen molar-refractivity contribution in [3.8, 4) is 0 Å². The number of hydrogen-bond donors (Lipinski definition) is 2. The van der Waals surface area contributed by atoms with Gasteiger partial charge in [0.15, 0.2) is 0 Å². The molecule has 3 N–H and O–H groups in total. The van der Waals surface area contributed by atoms with Gasteiger partial charge in [-0.15, -0.1) is 11.8 Å². The van der Waals surface area contributed by atoms with Crippen molar-refractivity contribution in [2.24, 2.45) is 11.7 Å². The molecule has 0 spiro atoms. The number of rotatable bonds is 8. The Bertz CT molecular complexity index is 456. The van der Waals surface area contributed by atoms with Crippen LogP contribution in [0.2, 0.25) is 0 Å². The van der Waals surface area contributed by atoms with E-state index in [1.165, 1.54) is 0 Å². The number of amides is 1. The summed E-state index contributed by atoms with van der Waals surface area (Å²) in [5, 5.41) is 4.36. The third kappa shape index (κ3) is 3.95. The SMILES string of the molecule is CCCNC1(C(N)=O)CCCC1CCSc1cnccn1. The molecule has 116 valence electrons. The number of thioether (sulfide) groups is 1. The standard InChI is InChI=1S/C15H24N4OS/c1-2-7-19-15(14(16)20)6-3-4-12(15)5-10-21-13-11-17-8-9-18-13/h8-9,11-12,19H,2-7,10H2,1H3,(H2,16,20). The first kappa shape index (κ1) is 16.2. The van der Waals surface area contributed by atoms with Crippen LogP contribution in [0.4, 0.5) is 0 Å². The monoisotopic (exact) mass is 308 g/mol. The van der Waals surface area contributed by atoms with Crippen molar-refractivity contribution in [3.63, 3.8) is 0 Å². The van der Waals surface area contributed by atoms with Crippen LogP contribution in [0.15, 0.2) is 23.6 Å². The molecule has 1 aromatic heterocycles. The Labute approximate surface area is 130 Å². The van der Waals surface area contributed by atoms with Gasteiger partial charge in [-0.05, 0) is 43.9 Å². The molecular weight excluding hydrogens is 284 g/mol. The van der Waals surface area contributed by atoms with Crippen LogP contribution < -0.4 is 11.1 Å². The fraction of sp³-hybridized carbons (Fsp3) is 0.667. The Morgan fingerprint density at radius 3 is 3.10 bits per heavy atom. The topological polar surface area (TPSA) is 80.9 Å². The van der Waals surface area contributed by atoms with Crippen LogP contribution in [0.5, 0.6) is 0 Å². The van der Waals surface area contributed by atoms with Gasteiger partial charge in [0.05, 0.1) is 6.20 Å². The molecule has 1 aromatic rings. The van der Waals surface area contributed by atoms with E-state index in [1.54, 1.807) is 30.4 Å². The van der Waals surface area contributed by atoms with E-state index in [4.69, 9.17) is 5.73 Å². The lowest BCUT2D eigenvalue weighted by Crippen LogP contribution is -2.58. The van der Waals surface area contributed by atoms with Crippen LogP contribution in [0.1, 0.15) is 39.0 Å². The Kier molecular flexibility index (Phi) is 5.99. The van der Waals surface area contributed by atoms with Crippen molar-refractivity contribution in [2.75, 3.05) is 12.3 Å². The lowest BCUT2D eigenvalue weighted by atomic mass is 9.84. The summed E-state index contributed by atoms with van der Waals surface area (Å²) in [5.41, 5.74) is 5.22. The van der Waals surface area contributed by atoms with E-state index < -0.39 is 5.54 Å². The van der Waals surface area contributed by atoms with E-state index >= 15 is 0 Å². The molecule has 1 fully saturated rings. The van der Waals surface area contributed by atoms with Crippen LogP contribution >= 0.6 is 11.8 Å². The second-order valence-electron chi connectivity index (χ2n) is 5.53. The zero-order chi connectivity index (χ0) is 15.1. The third-order valence-corrected chi connectivity index (χ3v) is 5.15. The van der Waals surface area contributed by atoms with Crippen molar-refractivity contribution in [2.45, 2.75) is 49.6 Å². The first-order valence-corrected chi connectivity index (χ1v) is 8.61. The van der Waals surface area contributed by atoms with Crippen LogP contribution in [0.25, 0.3) is 0 Å². The molecule has 0 bridgehead atoms. The van der Waals surface area contributed by atoms with Crippen molar-refractivity contribution in [3.05, 3.63) is 18.6 Å². The van der Waals surface area contributed by atoms with E-state index in [2.05, 4.69) is 22.2 Å². The molecule has 5 nitrogen and oxygen atoms in total. The van der Waals surface area contributed by atoms with Gasteiger partial charge in [-0.3, -0.25) is 9.78 Å². The number of hydrogen-bond acceptors (Lipinski definition) is 5. The first-order chi connectivity index (χ1) is 10.2. The van der Waals surface area contributed by atoms with Gasteiger partial charge in [0, 0.05) is 12.4 Å². The van der Waals surface area contributed by atoms with Crippen LogP contribution in [-0.4, -0.2) is 33.7 Å². The molecule has 2 atom stereocenters. The van der Waals surface area contributed by atoms with Gasteiger partial charge in [-0.1, -0.05) is 13.3 Å². The summed E-state index contributed by atoms with van der Waals surface area (Å²) < 4.78 is 0. The molecule has 0 aromatic carbocycles.